The van der Waals surface area contributed by atoms with Crippen LogP contribution in [-0.2, 0) is 33.9 Å². The van der Waals surface area contributed by atoms with Gasteiger partial charge in [-0.15, -0.1) is 0 Å². The summed E-state index contributed by atoms with van der Waals surface area (Å²) in [6, 6.07) is 8.75. The van der Waals surface area contributed by atoms with Crippen molar-refractivity contribution in [1.29, 1.82) is 0 Å². The lowest BCUT2D eigenvalue weighted by atomic mass is 9.84. The molecule has 0 bridgehead atoms. The minimum Gasteiger partial charge on any atom is -0.465 e. The summed E-state index contributed by atoms with van der Waals surface area (Å²) in [5.41, 5.74) is 0.236. The SMILES string of the molecule is CCOC(=O)[C@H](CNC(=O)CNC(=O)C(CCC1CCN(C(=O)O)CC1)CCC1CCN(C(=O)OC(C)(C)C)CC1)NS(=O)(=O)c1cccc2c(N(C)C)cccc12. The molecule has 1 unspecified atom stereocenters. The van der Waals surface area contributed by atoms with E-state index in [0.29, 0.717) is 55.7 Å². The molecule has 2 aliphatic heterocycles. The van der Waals surface area contributed by atoms with Crippen LogP contribution in [0.1, 0.15) is 79.1 Å². The first-order valence-electron chi connectivity index (χ1n) is 20.3. The van der Waals surface area contributed by atoms with Crippen molar-refractivity contribution >= 4 is 56.5 Å². The number of piperidine rings is 2. The van der Waals surface area contributed by atoms with Crippen LogP contribution in [0.3, 0.4) is 0 Å². The molecule has 2 atom stereocenters. The van der Waals surface area contributed by atoms with Crippen molar-refractivity contribution in [2.45, 2.75) is 95.6 Å². The second kappa shape index (κ2) is 20.9. The molecule has 2 aliphatic rings. The summed E-state index contributed by atoms with van der Waals surface area (Å²) in [7, 11) is -0.571. The molecule has 2 saturated heterocycles. The molecule has 2 aromatic carbocycles. The van der Waals surface area contributed by atoms with Crippen molar-refractivity contribution < 1.29 is 47.0 Å². The van der Waals surface area contributed by atoms with E-state index in [2.05, 4.69) is 15.4 Å². The summed E-state index contributed by atoms with van der Waals surface area (Å²) in [5.74, 6) is -1.59. The van der Waals surface area contributed by atoms with E-state index >= 15 is 0 Å². The van der Waals surface area contributed by atoms with Crippen LogP contribution in [0.2, 0.25) is 0 Å². The van der Waals surface area contributed by atoms with Crippen LogP contribution in [0.5, 0.6) is 0 Å². The topological polar surface area (TPSA) is 204 Å². The molecule has 58 heavy (non-hydrogen) atoms. The second-order valence-electron chi connectivity index (χ2n) is 16.4. The smallest absolute Gasteiger partial charge is 0.410 e. The number of likely N-dealkylation sites (tertiary alicyclic amines) is 2. The van der Waals surface area contributed by atoms with E-state index in [0.717, 1.165) is 44.2 Å². The molecule has 16 nitrogen and oxygen atoms in total. The first-order chi connectivity index (χ1) is 27.4. The van der Waals surface area contributed by atoms with Crippen molar-refractivity contribution in [3.05, 3.63) is 36.4 Å². The number of carbonyl (C=O) groups is 5. The highest BCUT2D eigenvalue weighted by Crippen LogP contribution is 2.31. The van der Waals surface area contributed by atoms with Crippen molar-refractivity contribution in [2.24, 2.45) is 17.8 Å². The van der Waals surface area contributed by atoms with Gasteiger partial charge in [0.25, 0.3) is 0 Å². The molecule has 2 fully saturated rings. The minimum absolute atomic E-state index is 0.00948. The van der Waals surface area contributed by atoms with E-state index < -0.39 is 52.1 Å². The molecule has 0 radical (unpaired) electrons. The van der Waals surface area contributed by atoms with E-state index in [-0.39, 0.29) is 36.0 Å². The Hall–Kier alpha value is -4.64. The number of rotatable bonds is 17. The van der Waals surface area contributed by atoms with Gasteiger partial charge in [0.15, 0.2) is 0 Å². The summed E-state index contributed by atoms with van der Waals surface area (Å²) in [5, 5.41) is 15.8. The van der Waals surface area contributed by atoms with Gasteiger partial charge in [-0.3, -0.25) is 14.4 Å². The molecule has 0 spiro atoms. The number of amides is 4. The molecule has 4 amide bonds. The third-order valence-corrected chi connectivity index (χ3v) is 12.3. The molecule has 322 valence electrons. The highest BCUT2D eigenvalue weighted by atomic mass is 32.2. The fourth-order valence-electron chi connectivity index (χ4n) is 7.57. The van der Waals surface area contributed by atoms with Crippen LogP contribution < -0.4 is 20.3 Å². The second-order valence-corrected chi connectivity index (χ2v) is 18.1. The molecule has 17 heteroatoms. The van der Waals surface area contributed by atoms with E-state index in [1.54, 1.807) is 30.0 Å². The van der Waals surface area contributed by atoms with Crippen molar-refractivity contribution in [1.82, 2.24) is 25.2 Å². The largest absolute Gasteiger partial charge is 0.465 e. The van der Waals surface area contributed by atoms with Gasteiger partial charge in [0.2, 0.25) is 21.8 Å². The van der Waals surface area contributed by atoms with Gasteiger partial charge in [0.1, 0.15) is 11.6 Å². The number of esters is 1. The number of ether oxygens (including phenoxy) is 2. The molecule has 0 saturated carbocycles. The van der Waals surface area contributed by atoms with Crippen LogP contribution in [0.15, 0.2) is 41.3 Å². The predicted octanol–water partition coefficient (Wildman–Crippen LogP) is 4.56. The van der Waals surface area contributed by atoms with Gasteiger partial charge in [-0.2, -0.15) is 4.72 Å². The van der Waals surface area contributed by atoms with Gasteiger partial charge in [-0.05, 0) is 103 Å². The average molecular weight is 831 g/mol. The predicted molar refractivity (Wildman–Crippen MR) is 220 cm³/mol. The molecule has 4 N–H and O–H groups in total. The normalized spacial score (nSPS) is 16.7. The van der Waals surface area contributed by atoms with Gasteiger partial charge in [-0.1, -0.05) is 24.3 Å². The number of nitrogens with zero attached hydrogens (tertiary/aromatic N) is 3. The van der Waals surface area contributed by atoms with Crippen LogP contribution >= 0.6 is 0 Å². The number of benzene rings is 2. The Morgan fingerprint density at radius 2 is 1.43 bits per heavy atom. The zero-order chi connectivity index (χ0) is 42.6. The summed E-state index contributed by atoms with van der Waals surface area (Å²) >= 11 is 0. The summed E-state index contributed by atoms with van der Waals surface area (Å²) in [6.45, 7) is 8.33. The average Bonchev–Trinajstić information content (AvgIpc) is 3.17. The Balaban J connectivity index is 1.36. The van der Waals surface area contributed by atoms with Crippen LogP contribution in [0.4, 0.5) is 15.3 Å². The third-order valence-electron chi connectivity index (χ3n) is 10.8. The Morgan fingerprint density at radius 1 is 0.862 bits per heavy atom. The summed E-state index contributed by atoms with van der Waals surface area (Å²) in [4.78, 5) is 68.6. The zero-order valence-electron chi connectivity index (χ0n) is 34.8. The lowest BCUT2D eigenvalue weighted by Gasteiger charge is -2.34. The first kappa shape index (κ1) is 46.1. The first-order valence-corrected chi connectivity index (χ1v) is 21.7. The maximum absolute atomic E-state index is 13.7. The number of fused-ring (bicyclic) bond motifs is 1. The van der Waals surface area contributed by atoms with E-state index in [1.807, 2.05) is 51.9 Å². The van der Waals surface area contributed by atoms with Gasteiger partial charge in [0.05, 0.1) is 18.0 Å². The van der Waals surface area contributed by atoms with Crippen molar-refractivity contribution in [3.63, 3.8) is 0 Å². The molecular weight excluding hydrogens is 769 g/mol. The van der Waals surface area contributed by atoms with Crippen molar-refractivity contribution in [2.75, 3.05) is 64.9 Å². The number of nitrogens with one attached hydrogen (secondary N) is 3. The highest BCUT2D eigenvalue weighted by Gasteiger charge is 2.31. The van der Waals surface area contributed by atoms with Crippen LogP contribution in [0, 0.1) is 17.8 Å². The van der Waals surface area contributed by atoms with Gasteiger partial charge >= 0.3 is 18.2 Å². The number of hydrogen-bond donors (Lipinski definition) is 4. The minimum atomic E-state index is -4.28. The molecule has 0 aliphatic carbocycles. The van der Waals surface area contributed by atoms with Gasteiger partial charge in [0, 0.05) is 69.2 Å². The molecular formula is C41H62N6O10S. The van der Waals surface area contributed by atoms with Crippen molar-refractivity contribution in [3.8, 4) is 0 Å². The quantitative estimate of drug-likeness (QED) is 0.163. The molecule has 2 heterocycles. The number of hydrogen-bond acceptors (Lipinski definition) is 10. The lowest BCUT2D eigenvalue weighted by Crippen LogP contribution is -2.50. The van der Waals surface area contributed by atoms with Crippen LogP contribution in [0.25, 0.3) is 10.8 Å². The number of carbonyl (C=O) groups excluding carboxylic acids is 4. The van der Waals surface area contributed by atoms with E-state index in [9.17, 15) is 37.5 Å². The Bertz CT molecular complexity index is 1850. The summed E-state index contributed by atoms with van der Waals surface area (Å²) < 4.78 is 40.5. The van der Waals surface area contributed by atoms with Crippen LogP contribution in [-0.4, -0.2) is 125 Å². The Labute approximate surface area is 342 Å². The molecule has 4 rings (SSSR count). The fraction of sp³-hybridized carbons (Fsp3) is 0.634. The Morgan fingerprint density at radius 3 is 1.98 bits per heavy atom. The lowest BCUT2D eigenvalue weighted by molar-refractivity contribution is -0.145. The summed E-state index contributed by atoms with van der Waals surface area (Å²) in [6.07, 6.45) is 4.39. The maximum atomic E-state index is 13.7. The zero-order valence-corrected chi connectivity index (χ0v) is 35.6. The molecule has 2 aromatic rings. The van der Waals surface area contributed by atoms with E-state index in [1.165, 1.54) is 11.0 Å². The standard InChI is InChI=1S/C41H62N6O10S/c1-7-56-38(50)33(44-58(54,55)35-13-9-10-31-32(35)11-8-12-34(31)45(5)6)26-42-36(48)27-43-37(49)30(16-14-28-18-22-46(23-19-28)39(51)52)17-15-29-20-24-47(25-21-29)40(53)57-41(2,3)4/h8-13,28-30,33,44H,7,14-27H2,1-6H3,(H,42,48)(H,43,49)(H,51,52)/t30?,33-/m0/s1. The third kappa shape index (κ3) is 13.5. The number of anilines is 1. The monoisotopic (exact) mass is 830 g/mol. The number of sulfonamides is 1. The van der Waals surface area contributed by atoms with E-state index in [4.69, 9.17) is 9.47 Å². The Kier molecular flexibility index (Phi) is 16.6. The fourth-order valence-corrected chi connectivity index (χ4v) is 8.98. The maximum Gasteiger partial charge on any atom is 0.410 e. The number of carboxylic acid groups (broad SMARTS) is 1. The highest BCUT2D eigenvalue weighted by molar-refractivity contribution is 7.89. The van der Waals surface area contributed by atoms with Gasteiger partial charge < -0.3 is 39.9 Å². The molecule has 0 aromatic heterocycles. The van der Waals surface area contributed by atoms with Gasteiger partial charge in [-0.25, -0.2) is 18.0 Å².